The summed E-state index contributed by atoms with van der Waals surface area (Å²) >= 11 is 0. The Kier molecular flexibility index (Phi) is 4.69. The molecule has 0 saturated heterocycles. The van der Waals surface area contributed by atoms with E-state index in [9.17, 15) is 4.21 Å². The number of rotatable bonds is 4. The van der Waals surface area contributed by atoms with Crippen molar-refractivity contribution in [3.05, 3.63) is 29.8 Å². The van der Waals surface area contributed by atoms with Crippen molar-refractivity contribution in [2.24, 2.45) is 10.3 Å². The van der Waals surface area contributed by atoms with Gasteiger partial charge in [-0.25, -0.2) is 4.21 Å². The Bertz CT molecular complexity index is 354. The van der Waals surface area contributed by atoms with E-state index in [1.807, 2.05) is 31.2 Å². The third-order valence-corrected chi connectivity index (χ3v) is 2.99. The van der Waals surface area contributed by atoms with Crippen LogP contribution in [0.5, 0.6) is 0 Å². The zero-order chi connectivity index (χ0) is 11.3. The molecule has 0 aliphatic heterocycles. The molecule has 1 unspecified atom stereocenters. The molecule has 82 valence electrons. The summed E-state index contributed by atoms with van der Waals surface area (Å²) in [4.78, 5) is 0.764. The Morgan fingerprint density at radius 2 is 1.93 bits per heavy atom. The quantitative estimate of drug-likeness (QED) is 0.721. The highest BCUT2D eigenvalue weighted by molar-refractivity contribution is 7.83. The zero-order valence-corrected chi connectivity index (χ0v) is 10.3. The van der Waals surface area contributed by atoms with Crippen molar-refractivity contribution < 1.29 is 4.21 Å². The molecule has 1 rings (SSSR count). The molecule has 0 radical (unpaired) electrons. The number of hydrogen-bond acceptors (Lipinski definition) is 1. The molecule has 0 aromatic heterocycles. The lowest BCUT2D eigenvalue weighted by Gasteiger charge is -1.98. The normalized spacial score (nSPS) is 13.6. The first-order valence-electron chi connectivity index (χ1n) is 5.10. The molecule has 2 nitrogen and oxygen atoms in total. The molecule has 0 spiro atoms. The van der Waals surface area contributed by atoms with Gasteiger partial charge in [0, 0.05) is 6.21 Å². The molecule has 1 aromatic carbocycles. The Hall–Kier alpha value is -0.960. The first-order chi connectivity index (χ1) is 7.09. The molecule has 0 amide bonds. The van der Waals surface area contributed by atoms with E-state index in [2.05, 4.69) is 18.2 Å². The van der Waals surface area contributed by atoms with E-state index < -0.39 is 11.0 Å². The molecular weight excluding hydrogens is 206 g/mol. The third kappa shape index (κ3) is 4.38. The van der Waals surface area contributed by atoms with Crippen molar-refractivity contribution in [3.8, 4) is 0 Å². The first-order valence-corrected chi connectivity index (χ1v) is 6.21. The van der Waals surface area contributed by atoms with Crippen molar-refractivity contribution in [2.45, 2.75) is 32.1 Å². The van der Waals surface area contributed by atoms with Crippen molar-refractivity contribution in [1.82, 2.24) is 0 Å². The SMILES string of the molecule is Cc1ccc(S(=O)/N=C/CC(C)C)cc1. The summed E-state index contributed by atoms with van der Waals surface area (Å²) in [5.74, 6) is 0.559. The fraction of sp³-hybridized carbons (Fsp3) is 0.417. The minimum absolute atomic E-state index is 0.559. The molecule has 15 heavy (non-hydrogen) atoms. The number of nitrogens with zero attached hydrogens (tertiary/aromatic N) is 1. The smallest absolute Gasteiger partial charge is 0.172 e. The fourth-order valence-corrected chi connectivity index (χ4v) is 1.75. The largest absolute Gasteiger partial charge is 0.230 e. The molecule has 0 bridgehead atoms. The van der Waals surface area contributed by atoms with Crippen molar-refractivity contribution in [3.63, 3.8) is 0 Å². The minimum Gasteiger partial charge on any atom is -0.230 e. The van der Waals surface area contributed by atoms with Gasteiger partial charge >= 0.3 is 0 Å². The molecule has 0 aliphatic rings. The Balaban J connectivity index is 2.61. The van der Waals surface area contributed by atoms with Crippen LogP contribution < -0.4 is 0 Å². The van der Waals surface area contributed by atoms with E-state index in [1.54, 1.807) is 6.21 Å². The Morgan fingerprint density at radius 3 is 2.47 bits per heavy atom. The van der Waals surface area contributed by atoms with Gasteiger partial charge in [0.05, 0.1) is 4.90 Å². The third-order valence-electron chi connectivity index (χ3n) is 1.97. The van der Waals surface area contributed by atoms with E-state index in [4.69, 9.17) is 0 Å². The molecule has 0 N–H and O–H groups in total. The van der Waals surface area contributed by atoms with Crippen LogP contribution in [0.25, 0.3) is 0 Å². The van der Waals surface area contributed by atoms with Gasteiger partial charge in [-0.2, -0.15) is 4.40 Å². The maximum Gasteiger partial charge on any atom is 0.172 e. The van der Waals surface area contributed by atoms with Gasteiger partial charge in [-0.3, -0.25) is 0 Å². The first kappa shape index (κ1) is 12.1. The van der Waals surface area contributed by atoms with Gasteiger partial charge in [0.2, 0.25) is 0 Å². The summed E-state index contributed by atoms with van der Waals surface area (Å²) in [6.07, 6.45) is 2.62. The number of hydrogen-bond donors (Lipinski definition) is 0. The fourth-order valence-electron chi connectivity index (χ4n) is 1.04. The van der Waals surface area contributed by atoms with Gasteiger partial charge in [-0.05, 0) is 31.4 Å². The highest BCUT2D eigenvalue weighted by Crippen LogP contribution is 2.09. The number of benzene rings is 1. The summed E-state index contributed by atoms with van der Waals surface area (Å²) in [6.45, 7) is 6.23. The van der Waals surface area contributed by atoms with Crippen LogP contribution in [0.1, 0.15) is 25.8 Å². The predicted octanol–water partition coefficient (Wildman–Crippen LogP) is 3.13. The highest BCUT2D eigenvalue weighted by atomic mass is 32.2. The van der Waals surface area contributed by atoms with Crippen LogP contribution in [0.15, 0.2) is 33.6 Å². The number of aryl methyl sites for hydroxylation is 1. The summed E-state index contributed by atoms with van der Waals surface area (Å²) in [5, 5.41) is 0. The molecule has 0 aliphatic carbocycles. The summed E-state index contributed by atoms with van der Waals surface area (Å²) in [6, 6.07) is 7.62. The lowest BCUT2D eigenvalue weighted by atomic mass is 10.2. The van der Waals surface area contributed by atoms with Crippen molar-refractivity contribution in [1.29, 1.82) is 0 Å². The van der Waals surface area contributed by atoms with Crippen LogP contribution >= 0.6 is 0 Å². The zero-order valence-electron chi connectivity index (χ0n) is 9.43. The summed E-state index contributed by atoms with van der Waals surface area (Å²) < 4.78 is 15.7. The lowest BCUT2D eigenvalue weighted by molar-refractivity contribution is 0.681. The van der Waals surface area contributed by atoms with Crippen LogP contribution in [0, 0.1) is 12.8 Å². The van der Waals surface area contributed by atoms with Gasteiger partial charge in [0.15, 0.2) is 11.0 Å². The minimum atomic E-state index is -1.24. The summed E-state index contributed by atoms with van der Waals surface area (Å²) in [5.41, 5.74) is 1.17. The van der Waals surface area contributed by atoms with E-state index in [0.29, 0.717) is 5.92 Å². The highest BCUT2D eigenvalue weighted by Gasteiger charge is 1.99. The van der Waals surface area contributed by atoms with Crippen LogP contribution in [0.4, 0.5) is 0 Å². The average molecular weight is 223 g/mol. The average Bonchev–Trinajstić information content (AvgIpc) is 2.18. The monoisotopic (exact) mass is 223 g/mol. The molecular formula is C12H17NOS. The molecule has 1 aromatic rings. The van der Waals surface area contributed by atoms with Crippen molar-refractivity contribution >= 4 is 17.2 Å². The van der Waals surface area contributed by atoms with Gasteiger partial charge in [-0.15, -0.1) is 0 Å². The van der Waals surface area contributed by atoms with Gasteiger partial charge < -0.3 is 0 Å². The predicted molar refractivity (Wildman–Crippen MR) is 65.5 cm³/mol. The van der Waals surface area contributed by atoms with Crippen LogP contribution in [0.2, 0.25) is 0 Å². The van der Waals surface area contributed by atoms with Crippen LogP contribution in [-0.2, 0) is 11.0 Å². The molecule has 0 saturated carbocycles. The van der Waals surface area contributed by atoms with E-state index in [1.165, 1.54) is 5.56 Å². The van der Waals surface area contributed by atoms with Crippen LogP contribution in [0.3, 0.4) is 0 Å². The maximum atomic E-state index is 11.7. The van der Waals surface area contributed by atoms with E-state index in [0.717, 1.165) is 11.3 Å². The Labute approximate surface area is 94.0 Å². The summed E-state index contributed by atoms with van der Waals surface area (Å²) in [7, 11) is -1.24. The van der Waals surface area contributed by atoms with Gasteiger partial charge in [-0.1, -0.05) is 31.5 Å². The maximum absolute atomic E-state index is 11.7. The van der Waals surface area contributed by atoms with Gasteiger partial charge in [0.1, 0.15) is 0 Å². The van der Waals surface area contributed by atoms with E-state index >= 15 is 0 Å². The second kappa shape index (κ2) is 5.81. The van der Waals surface area contributed by atoms with E-state index in [-0.39, 0.29) is 0 Å². The van der Waals surface area contributed by atoms with Gasteiger partial charge in [0.25, 0.3) is 0 Å². The topological polar surface area (TPSA) is 29.4 Å². The van der Waals surface area contributed by atoms with Crippen LogP contribution in [-0.4, -0.2) is 10.4 Å². The standard InChI is InChI=1S/C12H17NOS/c1-10(2)8-9-13-15(14)12-6-4-11(3)5-7-12/h4-7,9-10H,8H2,1-3H3/b13-9+. The molecule has 0 fully saturated rings. The van der Waals surface area contributed by atoms with Crippen molar-refractivity contribution in [2.75, 3.05) is 0 Å². The lowest BCUT2D eigenvalue weighted by Crippen LogP contribution is -1.91. The molecule has 0 heterocycles. The second-order valence-corrected chi connectivity index (χ2v) is 5.16. The Morgan fingerprint density at radius 1 is 1.33 bits per heavy atom. The second-order valence-electron chi connectivity index (χ2n) is 3.98. The molecule has 3 heteroatoms. The molecule has 1 atom stereocenters.